The van der Waals surface area contributed by atoms with Crippen molar-refractivity contribution in [2.75, 3.05) is 26.4 Å². The number of ether oxygens (including phenoxy) is 3. The number of ketones is 1. The number of esters is 3. The topological polar surface area (TPSA) is 198 Å². The SMILES string of the molecule is CCOC(=O)C(CC=O)=C1CCC(c2ccccc2)CC1.CCOC(=O)C(CC=O)C1CCC(c2ccccc2)CC1.NC(C(=O)O)C1CCC(c2ccccc2)CC1.O=C1CCC(c2ccccc2)CC1.[C-]#[N+]CC(=O)OCC. The molecule has 2 atom stereocenters. The second-order valence-electron chi connectivity index (χ2n) is 20.9. The Morgan fingerprint density at radius 2 is 0.950 bits per heavy atom. The summed E-state index contributed by atoms with van der Waals surface area (Å²) in [4.78, 5) is 80.5. The van der Waals surface area contributed by atoms with Crippen LogP contribution >= 0.6 is 0 Å². The number of carbonyl (C=O) groups excluding carboxylic acids is 6. The van der Waals surface area contributed by atoms with E-state index >= 15 is 0 Å². The van der Waals surface area contributed by atoms with Gasteiger partial charge in [0.05, 0.1) is 25.7 Å². The van der Waals surface area contributed by atoms with Crippen molar-refractivity contribution in [1.29, 1.82) is 0 Å². The number of nitrogens with zero attached hydrogens (tertiary/aromatic N) is 1. The van der Waals surface area contributed by atoms with Gasteiger partial charge < -0.3 is 39.5 Å². The first kappa shape index (κ1) is 65.5. The molecule has 0 aromatic heterocycles. The van der Waals surface area contributed by atoms with E-state index in [0.29, 0.717) is 61.3 Å². The molecular formula is C67H86N2O11. The first-order chi connectivity index (χ1) is 38.9. The molecule has 8 rings (SSSR count). The van der Waals surface area contributed by atoms with E-state index in [4.69, 9.17) is 26.9 Å². The van der Waals surface area contributed by atoms with Gasteiger partial charge in [0.25, 0.3) is 0 Å². The zero-order valence-electron chi connectivity index (χ0n) is 47.4. The number of allylic oxidation sites excluding steroid dienone is 1. The number of benzene rings is 4. The molecule has 3 N–H and O–H groups in total. The number of carbonyl (C=O) groups is 7. The quantitative estimate of drug-likeness (QED) is 0.0334. The van der Waals surface area contributed by atoms with Crippen molar-refractivity contribution in [2.24, 2.45) is 23.5 Å². The van der Waals surface area contributed by atoms with Gasteiger partial charge in [0.2, 0.25) is 0 Å². The largest absolute Gasteiger partial charge is 0.480 e. The molecule has 4 aliphatic rings. The molecule has 80 heavy (non-hydrogen) atoms. The fourth-order valence-corrected chi connectivity index (χ4v) is 11.4. The Hall–Kier alpha value is -7.04. The van der Waals surface area contributed by atoms with Crippen molar-refractivity contribution in [3.63, 3.8) is 0 Å². The summed E-state index contributed by atoms with van der Waals surface area (Å²) in [5.41, 5.74) is 12.9. The molecule has 430 valence electrons. The smallest absolute Gasteiger partial charge is 0.387 e. The van der Waals surface area contributed by atoms with Gasteiger partial charge in [0, 0.05) is 31.3 Å². The Bertz CT molecular complexity index is 2510. The first-order valence-electron chi connectivity index (χ1n) is 29.0. The van der Waals surface area contributed by atoms with Gasteiger partial charge in [-0.1, -0.05) is 127 Å². The van der Waals surface area contributed by atoms with E-state index in [0.717, 1.165) is 121 Å². The molecule has 0 spiro atoms. The van der Waals surface area contributed by atoms with Crippen molar-refractivity contribution < 1.29 is 52.9 Å². The molecule has 13 heteroatoms. The molecule has 4 aromatic carbocycles. The average molecular weight is 1100 g/mol. The molecule has 0 heterocycles. The van der Waals surface area contributed by atoms with Gasteiger partial charge in [0.1, 0.15) is 24.4 Å². The van der Waals surface area contributed by atoms with E-state index in [2.05, 4.69) is 107 Å². The number of carboxylic acids is 1. The number of hydrogen-bond donors (Lipinski definition) is 2. The molecule has 4 aromatic rings. The van der Waals surface area contributed by atoms with E-state index < -0.39 is 18.0 Å². The number of carboxylic acid groups (broad SMARTS) is 1. The van der Waals surface area contributed by atoms with Gasteiger partial charge in [0.15, 0.2) is 0 Å². The van der Waals surface area contributed by atoms with Crippen LogP contribution in [0.4, 0.5) is 0 Å². The monoisotopic (exact) mass is 1090 g/mol. The number of nitrogens with two attached hydrogens (primary N) is 1. The lowest BCUT2D eigenvalue weighted by Gasteiger charge is -2.32. The van der Waals surface area contributed by atoms with Crippen LogP contribution in [-0.4, -0.2) is 79.7 Å². The Morgan fingerprint density at radius 3 is 1.31 bits per heavy atom. The van der Waals surface area contributed by atoms with Crippen molar-refractivity contribution >= 4 is 42.2 Å². The minimum absolute atomic E-state index is 0.146. The summed E-state index contributed by atoms with van der Waals surface area (Å²) in [6.07, 6.45) is 17.7. The maximum atomic E-state index is 12.0. The molecule has 0 amide bonds. The van der Waals surface area contributed by atoms with Crippen molar-refractivity contribution in [3.8, 4) is 0 Å². The van der Waals surface area contributed by atoms with Crippen LogP contribution in [0.25, 0.3) is 4.85 Å². The lowest BCUT2D eigenvalue weighted by molar-refractivity contribution is -0.151. The second kappa shape index (κ2) is 37.8. The lowest BCUT2D eigenvalue weighted by Crippen LogP contribution is -2.39. The molecule has 4 aliphatic carbocycles. The Morgan fingerprint density at radius 1 is 0.562 bits per heavy atom. The summed E-state index contributed by atoms with van der Waals surface area (Å²) in [5, 5.41) is 8.89. The molecule has 0 bridgehead atoms. The van der Waals surface area contributed by atoms with Crippen LogP contribution in [0.1, 0.15) is 182 Å². The summed E-state index contributed by atoms with van der Waals surface area (Å²) in [6, 6.07) is 41.3. The van der Waals surface area contributed by atoms with E-state index in [1.165, 1.54) is 22.3 Å². The van der Waals surface area contributed by atoms with Crippen LogP contribution in [0.15, 0.2) is 132 Å². The lowest BCUT2D eigenvalue weighted by atomic mass is 9.73. The molecule has 0 aliphatic heterocycles. The van der Waals surface area contributed by atoms with E-state index in [-0.39, 0.29) is 42.7 Å². The summed E-state index contributed by atoms with van der Waals surface area (Å²) >= 11 is 0. The van der Waals surface area contributed by atoms with E-state index in [9.17, 15) is 33.6 Å². The van der Waals surface area contributed by atoms with Crippen LogP contribution in [-0.2, 0) is 47.8 Å². The number of aliphatic carboxylic acids is 1. The fourth-order valence-electron chi connectivity index (χ4n) is 11.4. The predicted octanol–water partition coefficient (Wildman–Crippen LogP) is 13.3. The third-order valence-corrected chi connectivity index (χ3v) is 15.8. The third kappa shape index (κ3) is 23.0. The zero-order valence-corrected chi connectivity index (χ0v) is 47.4. The minimum atomic E-state index is -0.867. The maximum absolute atomic E-state index is 12.0. The average Bonchev–Trinajstić information content (AvgIpc) is 3.50. The maximum Gasteiger partial charge on any atom is 0.387 e. The van der Waals surface area contributed by atoms with Crippen LogP contribution in [0, 0.1) is 24.3 Å². The molecule has 0 radical (unpaired) electrons. The fraction of sp³-hybridized carbons (Fsp3) is 0.493. The van der Waals surface area contributed by atoms with Gasteiger partial charge in [-0.3, -0.25) is 14.4 Å². The van der Waals surface area contributed by atoms with E-state index in [1.807, 2.05) is 31.2 Å². The summed E-state index contributed by atoms with van der Waals surface area (Å²) in [7, 11) is 0. The molecule has 13 nitrogen and oxygen atoms in total. The van der Waals surface area contributed by atoms with Crippen LogP contribution in [0.2, 0.25) is 0 Å². The normalized spacial score (nSPS) is 20.3. The van der Waals surface area contributed by atoms with Gasteiger partial charge in [-0.05, 0) is 168 Å². The van der Waals surface area contributed by atoms with Gasteiger partial charge >= 0.3 is 30.4 Å². The zero-order chi connectivity index (χ0) is 57.9. The molecule has 4 saturated carbocycles. The van der Waals surface area contributed by atoms with Crippen molar-refractivity contribution in [1.82, 2.24) is 0 Å². The third-order valence-electron chi connectivity index (χ3n) is 15.8. The number of Topliss-reactive ketones (excluding diaryl/α,β-unsaturated/α-hetero) is 1. The van der Waals surface area contributed by atoms with Crippen molar-refractivity contribution in [3.05, 3.63) is 166 Å². The highest BCUT2D eigenvalue weighted by molar-refractivity contribution is 5.92. The molecule has 0 saturated heterocycles. The highest BCUT2D eigenvalue weighted by Crippen LogP contribution is 2.41. The van der Waals surface area contributed by atoms with Crippen LogP contribution in [0.3, 0.4) is 0 Å². The van der Waals surface area contributed by atoms with Gasteiger partial charge in [-0.15, -0.1) is 0 Å². The van der Waals surface area contributed by atoms with E-state index in [1.54, 1.807) is 13.8 Å². The number of rotatable bonds is 17. The van der Waals surface area contributed by atoms with Crippen LogP contribution in [0.5, 0.6) is 0 Å². The Balaban J connectivity index is 0.000000222. The standard InChI is InChI=1S/C18H24O3.C18H22O3.C14H19NO2.C12H14O.C5H7NO2/c2*1-2-21-18(20)17(12-13-19)16-10-8-15(9-11-16)14-6-4-3-5-7-14;15-13(14(16)17)12-8-6-11(7-9-12)10-4-2-1-3-5-10;13-12-8-6-11(7-9-12)10-4-2-1-3-5-10;1-3-8-5(7)4-6-2/h3-7,13,15-17H,2,8-12H2,1H3;3-7,13,15H,2,8-12H2,1H3;1-5,11-13H,6-9,15H2,(H,16,17);1-5,11H,6-9H2;3-4H2,1H3. The Kier molecular flexibility index (Phi) is 30.9. The molecular weight excluding hydrogens is 1010 g/mol. The first-order valence-corrected chi connectivity index (χ1v) is 29.0. The minimum Gasteiger partial charge on any atom is -0.480 e. The summed E-state index contributed by atoms with van der Waals surface area (Å²) < 4.78 is 14.6. The number of aldehydes is 2. The predicted molar refractivity (Wildman–Crippen MR) is 311 cm³/mol. The summed E-state index contributed by atoms with van der Waals surface area (Å²) in [5.74, 6) is 1.12. The van der Waals surface area contributed by atoms with Crippen molar-refractivity contribution in [2.45, 2.75) is 166 Å². The molecule has 2 unspecified atom stereocenters. The van der Waals surface area contributed by atoms with Crippen LogP contribution < -0.4 is 5.73 Å². The second-order valence-corrected chi connectivity index (χ2v) is 20.9. The highest BCUT2D eigenvalue weighted by atomic mass is 16.5. The van der Waals surface area contributed by atoms with Gasteiger partial charge in [-0.2, -0.15) is 0 Å². The Labute approximate surface area is 475 Å². The number of hydrogen-bond acceptors (Lipinski definition) is 11. The molecule has 4 fully saturated rings. The van der Waals surface area contributed by atoms with Gasteiger partial charge in [-0.25, -0.2) is 16.2 Å². The summed E-state index contributed by atoms with van der Waals surface area (Å²) in [6.45, 7) is 12.5. The highest BCUT2D eigenvalue weighted by Gasteiger charge is 2.34.